The summed E-state index contributed by atoms with van der Waals surface area (Å²) in [6, 6.07) is 0.383. The van der Waals surface area contributed by atoms with Gasteiger partial charge in [-0.05, 0) is 6.92 Å². The molecule has 6 heteroatoms. The monoisotopic (exact) mass is 218 g/mol. The van der Waals surface area contributed by atoms with Gasteiger partial charge in [-0.3, -0.25) is 4.68 Å². The lowest BCUT2D eigenvalue weighted by molar-refractivity contribution is 0.425. The Labute approximate surface area is 93.3 Å². The lowest BCUT2D eigenvalue weighted by Gasteiger charge is -2.23. The lowest BCUT2D eigenvalue weighted by Crippen LogP contribution is -2.31. The van der Waals surface area contributed by atoms with Crippen LogP contribution in [0.5, 0.6) is 0 Å². The summed E-state index contributed by atoms with van der Waals surface area (Å²) < 4.78 is 3.97. The van der Waals surface area contributed by atoms with Crippen molar-refractivity contribution in [1.29, 1.82) is 0 Å². The van der Waals surface area contributed by atoms with Crippen LogP contribution in [0.3, 0.4) is 0 Å². The van der Waals surface area contributed by atoms with Crippen molar-refractivity contribution in [2.45, 2.75) is 19.5 Å². The van der Waals surface area contributed by atoms with Crippen LogP contribution in [0.25, 0.3) is 11.4 Å². The molecule has 2 aromatic heterocycles. The van der Waals surface area contributed by atoms with E-state index in [4.69, 9.17) is 0 Å². The largest absolute Gasteiger partial charge is 0.308 e. The fourth-order valence-corrected chi connectivity index (χ4v) is 2.13. The minimum Gasteiger partial charge on any atom is -0.308 e. The Hall–Kier alpha value is -1.69. The zero-order valence-electron chi connectivity index (χ0n) is 9.38. The summed E-state index contributed by atoms with van der Waals surface area (Å²) in [6.07, 6.45) is 3.79. The van der Waals surface area contributed by atoms with E-state index in [1.807, 2.05) is 19.4 Å². The molecular weight excluding hydrogens is 204 g/mol. The van der Waals surface area contributed by atoms with Crippen molar-refractivity contribution >= 4 is 0 Å². The molecule has 0 radical (unpaired) electrons. The molecule has 2 aromatic rings. The second kappa shape index (κ2) is 3.41. The van der Waals surface area contributed by atoms with E-state index >= 15 is 0 Å². The molecule has 0 saturated carbocycles. The molecule has 84 valence electrons. The Morgan fingerprint density at radius 2 is 2.31 bits per heavy atom. The topological polar surface area (TPSA) is 60.6 Å². The molecule has 3 heterocycles. The van der Waals surface area contributed by atoms with Gasteiger partial charge in [0.25, 0.3) is 0 Å². The zero-order chi connectivity index (χ0) is 11.1. The van der Waals surface area contributed by atoms with Crippen LogP contribution in [0.15, 0.2) is 12.4 Å². The van der Waals surface area contributed by atoms with Gasteiger partial charge in [-0.2, -0.15) is 5.10 Å². The first-order valence-corrected chi connectivity index (χ1v) is 5.39. The second-order valence-electron chi connectivity index (χ2n) is 4.19. The van der Waals surface area contributed by atoms with Crippen LogP contribution in [0.4, 0.5) is 0 Å². The summed E-state index contributed by atoms with van der Waals surface area (Å²) in [5.74, 6) is 1.91. The normalized spacial score (nSPS) is 19.8. The number of rotatable bonds is 1. The highest BCUT2D eigenvalue weighted by Crippen LogP contribution is 2.23. The number of fused-ring (bicyclic) bond motifs is 1. The van der Waals surface area contributed by atoms with Gasteiger partial charge in [-0.25, -0.2) is 0 Å². The molecule has 0 spiro atoms. The molecule has 0 bridgehead atoms. The van der Waals surface area contributed by atoms with Crippen molar-refractivity contribution in [3.05, 3.63) is 18.2 Å². The molecule has 3 rings (SSSR count). The maximum absolute atomic E-state index is 4.25. The second-order valence-corrected chi connectivity index (χ2v) is 4.19. The predicted molar refractivity (Wildman–Crippen MR) is 58.6 cm³/mol. The first kappa shape index (κ1) is 9.53. The van der Waals surface area contributed by atoms with E-state index in [1.54, 1.807) is 4.68 Å². The first-order valence-electron chi connectivity index (χ1n) is 5.39. The fourth-order valence-electron chi connectivity index (χ4n) is 2.13. The molecular formula is C10H14N6. The van der Waals surface area contributed by atoms with Crippen LogP contribution in [-0.2, 0) is 13.6 Å². The molecule has 0 saturated heterocycles. The summed E-state index contributed by atoms with van der Waals surface area (Å²) in [7, 11) is 1.90. The molecule has 0 aromatic carbocycles. The van der Waals surface area contributed by atoms with Crippen molar-refractivity contribution in [2.24, 2.45) is 7.05 Å². The van der Waals surface area contributed by atoms with Crippen molar-refractivity contribution in [1.82, 2.24) is 29.9 Å². The molecule has 1 atom stereocenters. The average Bonchev–Trinajstić information content (AvgIpc) is 2.84. The summed E-state index contributed by atoms with van der Waals surface area (Å²) in [6.45, 7) is 3.91. The van der Waals surface area contributed by atoms with Gasteiger partial charge in [0.1, 0.15) is 5.82 Å². The van der Waals surface area contributed by atoms with Gasteiger partial charge in [0.2, 0.25) is 0 Å². The van der Waals surface area contributed by atoms with Gasteiger partial charge in [0.05, 0.1) is 18.3 Å². The van der Waals surface area contributed by atoms with E-state index in [1.165, 1.54) is 0 Å². The van der Waals surface area contributed by atoms with Gasteiger partial charge in [-0.15, -0.1) is 10.2 Å². The molecule has 1 unspecified atom stereocenters. The maximum atomic E-state index is 4.25. The van der Waals surface area contributed by atoms with Crippen LogP contribution in [0.2, 0.25) is 0 Å². The van der Waals surface area contributed by atoms with E-state index in [9.17, 15) is 0 Å². The van der Waals surface area contributed by atoms with E-state index in [0.29, 0.717) is 6.04 Å². The molecule has 0 aliphatic carbocycles. The van der Waals surface area contributed by atoms with E-state index in [-0.39, 0.29) is 0 Å². The van der Waals surface area contributed by atoms with Crippen molar-refractivity contribution < 1.29 is 0 Å². The number of nitrogens with one attached hydrogen (secondary N) is 1. The Morgan fingerprint density at radius 3 is 3.06 bits per heavy atom. The summed E-state index contributed by atoms with van der Waals surface area (Å²) in [5.41, 5.74) is 1.02. The summed E-state index contributed by atoms with van der Waals surface area (Å²) in [4.78, 5) is 0. The highest BCUT2D eigenvalue weighted by atomic mass is 15.3. The molecule has 16 heavy (non-hydrogen) atoms. The van der Waals surface area contributed by atoms with Gasteiger partial charge in [0.15, 0.2) is 5.82 Å². The molecule has 1 aliphatic rings. The van der Waals surface area contributed by atoms with Crippen molar-refractivity contribution in [3.63, 3.8) is 0 Å². The number of hydrogen-bond donors (Lipinski definition) is 1. The minimum absolute atomic E-state index is 0.383. The number of aromatic nitrogens is 5. The van der Waals surface area contributed by atoms with Crippen LogP contribution in [-0.4, -0.2) is 31.1 Å². The number of aryl methyl sites for hydroxylation is 1. The third kappa shape index (κ3) is 1.34. The Bertz CT molecular complexity index is 511. The summed E-state index contributed by atoms with van der Waals surface area (Å²) in [5, 5.41) is 15.9. The lowest BCUT2D eigenvalue weighted by atomic mass is 10.2. The van der Waals surface area contributed by atoms with Crippen molar-refractivity contribution in [2.75, 3.05) is 6.54 Å². The highest BCUT2D eigenvalue weighted by Gasteiger charge is 2.22. The Balaban J connectivity index is 2.12. The summed E-state index contributed by atoms with van der Waals surface area (Å²) >= 11 is 0. The Morgan fingerprint density at radius 1 is 1.44 bits per heavy atom. The average molecular weight is 218 g/mol. The third-order valence-corrected chi connectivity index (χ3v) is 2.89. The molecule has 0 amide bonds. The zero-order valence-corrected chi connectivity index (χ0v) is 9.38. The predicted octanol–water partition coefficient (Wildman–Crippen LogP) is 0.343. The van der Waals surface area contributed by atoms with Crippen LogP contribution >= 0.6 is 0 Å². The molecule has 6 nitrogen and oxygen atoms in total. The molecule has 1 aliphatic heterocycles. The third-order valence-electron chi connectivity index (χ3n) is 2.89. The van der Waals surface area contributed by atoms with Gasteiger partial charge >= 0.3 is 0 Å². The van der Waals surface area contributed by atoms with Gasteiger partial charge in [-0.1, -0.05) is 0 Å². The fraction of sp³-hybridized carbons (Fsp3) is 0.500. The standard InChI is InChI=1S/C10H14N6/c1-7-3-11-5-9-13-14-10(16(7)9)8-4-12-15(2)6-8/h4,6-7,11H,3,5H2,1-2H3. The number of hydrogen-bond acceptors (Lipinski definition) is 4. The van der Waals surface area contributed by atoms with E-state index in [2.05, 4.69) is 32.1 Å². The van der Waals surface area contributed by atoms with E-state index in [0.717, 1.165) is 30.3 Å². The van der Waals surface area contributed by atoms with Crippen LogP contribution in [0.1, 0.15) is 18.8 Å². The van der Waals surface area contributed by atoms with Crippen LogP contribution < -0.4 is 5.32 Å². The van der Waals surface area contributed by atoms with Crippen molar-refractivity contribution in [3.8, 4) is 11.4 Å². The smallest absolute Gasteiger partial charge is 0.167 e. The molecule has 1 N–H and O–H groups in total. The quantitative estimate of drug-likeness (QED) is 0.750. The molecule has 0 fully saturated rings. The first-order chi connectivity index (χ1) is 7.75. The van der Waals surface area contributed by atoms with Gasteiger partial charge in [0, 0.05) is 25.8 Å². The van der Waals surface area contributed by atoms with E-state index < -0.39 is 0 Å². The van der Waals surface area contributed by atoms with Crippen LogP contribution in [0, 0.1) is 0 Å². The SMILES string of the molecule is CC1CNCc2nnc(-c3cnn(C)c3)n21. The number of nitrogens with zero attached hydrogens (tertiary/aromatic N) is 5. The van der Waals surface area contributed by atoms with Gasteiger partial charge < -0.3 is 9.88 Å². The highest BCUT2D eigenvalue weighted by molar-refractivity contribution is 5.53. The maximum Gasteiger partial charge on any atom is 0.167 e. The Kier molecular flexibility index (Phi) is 2.03. The minimum atomic E-state index is 0.383.